The van der Waals surface area contributed by atoms with Crippen molar-refractivity contribution < 1.29 is 0 Å². The smallest absolute Gasteiger partial charge is 0.127 e. The summed E-state index contributed by atoms with van der Waals surface area (Å²) in [4.78, 5) is 4.25. The maximum absolute atomic E-state index is 5.12. The fourth-order valence-electron chi connectivity index (χ4n) is 1.15. The molecule has 0 atom stereocenters. The van der Waals surface area contributed by atoms with E-state index in [0.29, 0.717) is 4.99 Å². The lowest BCUT2D eigenvalue weighted by Crippen LogP contribution is -1.92. The van der Waals surface area contributed by atoms with Crippen LogP contribution in [-0.4, -0.2) is 11.3 Å². The van der Waals surface area contributed by atoms with Gasteiger partial charge in [0, 0.05) is 0 Å². The minimum atomic E-state index is 0.483. The van der Waals surface area contributed by atoms with E-state index in [-0.39, 0.29) is 0 Å². The first-order chi connectivity index (χ1) is 7.26. The van der Waals surface area contributed by atoms with Crippen LogP contribution in [0.15, 0.2) is 35.3 Å². The minimum absolute atomic E-state index is 0.483. The van der Waals surface area contributed by atoms with Crippen LogP contribution in [0.2, 0.25) is 0 Å². The molecule has 1 aromatic rings. The number of rotatable bonds is 3. The summed E-state index contributed by atoms with van der Waals surface area (Å²) in [5.41, 5.74) is 7.56. The molecular formula is C12H14N2S. The summed E-state index contributed by atoms with van der Waals surface area (Å²) in [6.07, 6.45) is 5.95. The fraction of sp³-hybridized carbons (Fsp3) is 0.167. The van der Waals surface area contributed by atoms with Crippen molar-refractivity contribution in [2.45, 2.75) is 13.3 Å². The van der Waals surface area contributed by atoms with Gasteiger partial charge in [-0.05, 0) is 23.6 Å². The van der Waals surface area contributed by atoms with Gasteiger partial charge in [0.1, 0.15) is 4.99 Å². The van der Waals surface area contributed by atoms with Gasteiger partial charge in [0.15, 0.2) is 0 Å². The van der Waals surface area contributed by atoms with E-state index in [1.807, 2.05) is 6.08 Å². The highest BCUT2D eigenvalue weighted by molar-refractivity contribution is 7.80. The summed E-state index contributed by atoms with van der Waals surface area (Å²) in [6.45, 7) is 2.13. The summed E-state index contributed by atoms with van der Waals surface area (Å²) in [5.74, 6) is 0. The highest BCUT2D eigenvalue weighted by atomic mass is 32.1. The first-order valence-corrected chi connectivity index (χ1v) is 5.22. The molecule has 0 aromatic heterocycles. The Bertz CT molecular complexity index is 377. The average Bonchev–Trinajstić information content (AvgIpc) is 2.27. The lowest BCUT2D eigenvalue weighted by Gasteiger charge is -1.96. The van der Waals surface area contributed by atoms with Crippen molar-refractivity contribution in [3.8, 4) is 0 Å². The second-order valence-corrected chi connectivity index (χ2v) is 3.46. The zero-order valence-corrected chi connectivity index (χ0v) is 9.50. The molecule has 0 saturated carbocycles. The SMILES string of the molecule is CCc1ccc(/C=C/C(=S)N=CN)cc1. The van der Waals surface area contributed by atoms with E-state index in [1.54, 1.807) is 6.08 Å². The van der Waals surface area contributed by atoms with Gasteiger partial charge in [-0.25, -0.2) is 4.99 Å². The molecule has 2 N–H and O–H groups in total. The number of aryl methyl sites for hydroxylation is 1. The second kappa shape index (κ2) is 6.09. The quantitative estimate of drug-likeness (QED) is 0.366. The van der Waals surface area contributed by atoms with Crippen LogP contribution in [0.4, 0.5) is 0 Å². The number of nitrogens with two attached hydrogens (primary N) is 1. The first-order valence-electron chi connectivity index (χ1n) is 4.81. The van der Waals surface area contributed by atoms with Gasteiger partial charge in [-0.2, -0.15) is 0 Å². The fourth-order valence-corrected chi connectivity index (χ4v) is 1.28. The van der Waals surface area contributed by atoms with E-state index in [2.05, 4.69) is 36.2 Å². The van der Waals surface area contributed by atoms with Gasteiger partial charge >= 0.3 is 0 Å². The monoisotopic (exact) mass is 218 g/mol. The third-order valence-corrected chi connectivity index (χ3v) is 2.25. The van der Waals surface area contributed by atoms with Gasteiger partial charge in [0.25, 0.3) is 0 Å². The number of hydrogen-bond acceptors (Lipinski definition) is 1. The summed E-state index contributed by atoms with van der Waals surface area (Å²) in [5, 5.41) is 0. The van der Waals surface area contributed by atoms with Gasteiger partial charge < -0.3 is 5.73 Å². The molecule has 0 heterocycles. The van der Waals surface area contributed by atoms with Crippen LogP contribution in [-0.2, 0) is 6.42 Å². The van der Waals surface area contributed by atoms with Crippen LogP contribution in [0.1, 0.15) is 18.1 Å². The Morgan fingerprint density at radius 2 is 2.07 bits per heavy atom. The molecule has 78 valence electrons. The van der Waals surface area contributed by atoms with Crippen molar-refractivity contribution in [2.75, 3.05) is 0 Å². The van der Waals surface area contributed by atoms with Gasteiger partial charge in [0.2, 0.25) is 0 Å². The van der Waals surface area contributed by atoms with Crippen molar-refractivity contribution in [2.24, 2.45) is 10.7 Å². The van der Waals surface area contributed by atoms with Crippen LogP contribution in [0.5, 0.6) is 0 Å². The van der Waals surface area contributed by atoms with Crippen molar-refractivity contribution in [1.82, 2.24) is 0 Å². The predicted molar refractivity (Wildman–Crippen MR) is 70.1 cm³/mol. The Labute approximate surface area is 95.5 Å². The van der Waals surface area contributed by atoms with E-state index in [0.717, 1.165) is 12.0 Å². The van der Waals surface area contributed by atoms with E-state index >= 15 is 0 Å². The molecule has 2 nitrogen and oxygen atoms in total. The molecule has 0 saturated heterocycles. The predicted octanol–water partition coefficient (Wildman–Crippen LogP) is 2.58. The van der Waals surface area contributed by atoms with E-state index in [9.17, 15) is 0 Å². The topological polar surface area (TPSA) is 38.4 Å². The summed E-state index contributed by atoms with van der Waals surface area (Å²) in [6, 6.07) is 8.33. The molecule has 1 rings (SSSR count). The molecule has 0 fully saturated rings. The lowest BCUT2D eigenvalue weighted by molar-refractivity contribution is 1.14. The van der Waals surface area contributed by atoms with E-state index in [4.69, 9.17) is 18.0 Å². The molecule has 0 aliphatic heterocycles. The molecule has 0 aliphatic carbocycles. The number of benzene rings is 1. The van der Waals surface area contributed by atoms with Gasteiger partial charge in [-0.1, -0.05) is 49.5 Å². The highest BCUT2D eigenvalue weighted by Gasteiger charge is 1.89. The summed E-state index contributed by atoms with van der Waals surface area (Å²) >= 11 is 4.94. The van der Waals surface area contributed by atoms with E-state index in [1.165, 1.54) is 11.9 Å². The number of hydrogen-bond donors (Lipinski definition) is 1. The molecule has 0 spiro atoms. The molecule has 0 bridgehead atoms. The number of thiocarbonyl (C=S) groups is 1. The number of nitrogens with zero attached hydrogens (tertiary/aromatic N) is 1. The normalized spacial score (nSPS) is 11.3. The molecule has 1 aromatic carbocycles. The van der Waals surface area contributed by atoms with Gasteiger partial charge in [0.05, 0.1) is 6.34 Å². The van der Waals surface area contributed by atoms with Crippen LogP contribution in [0.3, 0.4) is 0 Å². The molecule has 0 aliphatic rings. The molecule has 0 radical (unpaired) electrons. The summed E-state index contributed by atoms with van der Waals surface area (Å²) in [7, 11) is 0. The van der Waals surface area contributed by atoms with Crippen molar-refractivity contribution in [3.63, 3.8) is 0 Å². The highest BCUT2D eigenvalue weighted by Crippen LogP contribution is 2.06. The zero-order valence-electron chi connectivity index (χ0n) is 8.68. The molecule has 15 heavy (non-hydrogen) atoms. The Kier molecular flexibility index (Phi) is 4.71. The Morgan fingerprint density at radius 3 is 2.60 bits per heavy atom. The van der Waals surface area contributed by atoms with Crippen LogP contribution in [0, 0.1) is 0 Å². The van der Waals surface area contributed by atoms with Crippen molar-refractivity contribution in [1.29, 1.82) is 0 Å². The largest absolute Gasteiger partial charge is 0.390 e. The van der Waals surface area contributed by atoms with Crippen molar-refractivity contribution in [3.05, 3.63) is 41.5 Å². The Hall–Kier alpha value is -1.48. The summed E-state index contributed by atoms with van der Waals surface area (Å²) < 4.78 is 0. The molecule has 0 amide bonds. The van der Waals surface area contributed by atoms with Gasteiger partial charge in [-0.15, -0.1) is 0 Å². The van der Waals surface area contributed by atoms with Crippen molar-refractivity contribution >= 4 is 29.6 Å². The maximum atomic E-state index is 5.12. The first kappa shape index (κ1) is 11.6. The average molecular weight is 218 g/mol. The number of aliphatic imine (C=N–C) groups is 1. The molecule has 0 unspecified atom stereocenters. The Balaban J connectivity index is 2.68. The third-order valence-electron chi connectivity index (χ3n) is 2.01. The van der Waals surface area contributed by atoms with Crippen LogP contribution in [0.25, 0.3) is 6.08 Å². The van der Waals surface area contributed by atoms with Crippen LogP contribution < -0.4 is 5.73 Å². The van der Waals surface area contributed by atoms with E-state index < -0.39 is 0 Å². The lowest BCUT2D eigenvalue weighted by atomic mass is 10.1. The molecular weight excluding hydrogens is 204 g/mol. The molecule has 3 heteroatoms. The van der Waals surface area contributed by atoms with Crippen LogP contribution >= 0.6 is 12.2 Å². The second-order valence-electron chi connectivity index (χ2n) is 3.04. The third kappa shape index (κ3) is 4.04. The standard InChI is InChI=1S/C12H14N2S/c1-2-10-3-5-11(6-4-10)7-8-12(15)14-9-13/h3-9H,2H2,1H3,(H2,13,14,15)/b8-7+. The maximum Gasteiger partial charge on any atom is 0.127 e. The Morgan fingerprint density at radius 1 is 1.40 bits per heavy atom. The van der Waals surface area contributed by atoms with Gasteiger partial charge in [-0.3, -0.25) is 0 Å². The minimum Gasteiger partial charge on any atom is -0.390 e. The zero-order chi connectivity index (χ0) is 11.1.